The van der Waals surface area contributed by atoms with Gasteiger partial charge in [0.05, 0.1) is 5.75 Å². The number of nitrogens with one attached hydrogen (secondary N) is 2. The molecule has 0 aliphatic rings. The Balaban J connectivity index is 2.59. The van der Waals surface area contributed by atoms with Gasteiger partial charge in [-0.3, -0.25) is 4.79 Å². The second-order valence-electron chi connectivity index (χ2n) is 4.73. The summed E-state index contributed by atoms with van der Waals surface area (Å²) >= 11 is 5.88. The third kappa shape index (κ3) is 7.29. The number of hydrogen-bond donors (Lipinski definition) is 2. The van der Waals surface area contributed by atoms with Crippen LogP contribution in [0.1, 0.15) is 30.1 Å². The van der Waals surface area contributed by atoms with E-state index in [9.17, 15) is 13.2 Å². The first kappa shape index (κ1) is 17.7. The SMILES string of the molecule is CCCNc1cc(C(=O)NCCCS(C)(=O)=O)cc(Cl)n1. The van der Waals surface area contributed by atoms with E-state index in [-0.39, 0.29) is 16.8 Å². The van der Waals surface area contributed by atoms with E-state index in [1.165, 1.54) is 12.3 Å². The van der Waals surface area contributed by atoms with Crippen molar-refractivity contribution in [1.29, 1.82) is 0 Å². The van der Waals surface area contributed by atoms with Crippen molar-refractivity contribution in [3.05, 3.63) is 22.8 Å². The molecule has 0 fully saturated rings. The average Bonchev–Trinajstić information content (AvgIpc) is 2.39. The van der Waals surface area contributed by atoms with Crippen molar-refractivity contribution in [1.82, 2.24) is 10.3 Å². The molecule has 1 rings (SSSR count). The molecule has 2 N–H and O–H groups in total. The van der Waals surface area contributed by atoms with Gasteiger partial charge < -0.3 is 10.6 Å². The molecule has 6 nitrogen and oxygen atoms in total. The zero-order valence-electron chi connectivity index (χ0n) is 12.1. The van der Waals surface area contributed by atoms with Gasteiger partial charge in [-0.1, -0.05) is 18.5 Å². The van der Waals surface area contributed by atoms with Crippen LogP contribution < -0.4 is 10.6 Å². The Morgan fingerprint density at radius 1 is 1.33 bits per heavy atom. The van der Waals surface area contributed by atoms with E-state index in [2.05, 4.69) is 15.6 Å². The number of pyridine rings is 1. The van der Waals surface area contributed by atoms with Gasteiger partial charge >= 0.3 is 0 Å². The third-order valence-corrected chi connectivity index (χ3v) is 3.81. The van der Waals surface area contributed by atoms with Gasteiger partial charge in [-0.05, 0) is 25.0 Å². The van der Waals surface area contributed by atoms with Crippen molar-refractivity contribution in [3.8, 4) is 0 Å². The van der Waals surface area contributed by atoms with Crippen LogP contribution in [-0.2, 0) is 9.84 Å². The summed E-state index contributed by atoms with van der Waals surface area (Å²) < 4.78 is 22.0. The molecule has 1 aromatic heterocycles. The summed E-state index contributed by atoms with van der Waals surface area (Å²) in [6.45, 7) is 3.05. The van der Waals surface area contributed by atoms with Crippen LogP contribution in [0.5, 0.6) is 0 Å². The monoisotopic (exact) mass is 333 g/mol. The summed E-state index contributed by atoms with van der Waals surface area (Å²) in [7, 11) is -3.00. The Kier molecular flexibility index (Phi) is 6.91. The van der Waals surface area contributed by atoms with Crippen molar-refractivity contribution >= 4 is 33.2 Å². The Bertz CT molecular complexity index is 590. The first-order valence-electron chi connectivity index (χ1n) is 6.69. The fourth-order valence-corrected chi connectivity index (χ4v) is 2.49. The minimum absolute atomic E-state index is 0.0493. The molecule has 21 heavy (non-hydrogen) atoms. The number of nitrogens with zero attached hydrogens (tertiary/aromatic N) is 1. The summed E-state index contributed by atoms with van der Waals surface area (Å²) in [6.07, 6.45) is 2.48. The molecule has 0 saturated heterocycles. The Morgan fingerprint density at radius 2 is 2.05 bits per heavy atom. The molecule has 1 aromatic rings. The van der Waals surface area contributed by atoms with Crippen LogP contribution in [-0.4, -0.2) is 44.4 Å². The Labute approximate surface area is 130 Å². The van der Waals surface area contributed by atoms with Crippen LogP contribution in [0, 0.1) is 0 Å². The van der Waals surface area contributed by atoms with Crippen molar-refractivity contribution in [2.45, 2.75) is 19.8 Å². The highest BCUT2D eigenvalue weighted by Crippen LogP contribution is 2.14. The second-order valence-corrected chi connectivity index (χ2v) is 7.38. The number of carbonyl (C=O) groups excluding carboxylic acids is 1. The maximum atomic E-state index is 12.0. The first-order chi connectivity index (χ1) is 9.81. The summed E-state index contributed by atoms with van der Waals surface area (Å²) in [6, 6.07) is 3.10. The highest BCUT2D eigenvalue weighted by molar-refractivity contribution is 7.90. The largest absolute Gasteiger partial charge is 0.370 e. The van der Waals surface area contributed by atoms with Gasteiger partial charge in [-0.15, -0.1) is 0 Å². The maximum Gasteiger partial charge on any atom is 0.251 e. The fraction of sp³-hybridized carbons (Fsp3) is 0.538. The van der Waals surface area contributed by atoms with Gasteiger partial charge in [0, 0.05) is 24.9 Å². The van der Waals surface area contributed by atoms with Crippen molar-refractivity contribution < 1.29 is 13.2 Å². The molecular formula is C13H20ClN3O3S. The first-order valence-corrected chi connectivity index (χ1v) is 9.13. The molecule has 0 aliphatic carbocycles. The van der Waals surface area contributed by atoms with Gasteiger partial charge in [-0.2, -0.15) is 0 Å². The molecule has 8 heteroatoms. The standard InChI is InChI=1S/C13H20ClN3O3S/c1-3-5-15-12-9-10(8-11(14)17-12)13(18)16-6-4-7-21(2,19)20/h8-9H,3-7H2,1-2H3,(H,15,17)(H,16,18). The number of hydrogen-bond acceptors (Lipinski definition) is 5. The Morgan fingerprint density at radius 3 is 2.67 bits per heavy atom. The molecule has 0 aliphatic heterocycles. The molecule has 1 amide bonds. The normalized spacial score (nSPS) is 11.2. The smallest absolute Gasteiger partial charge is 0.251 e. The van der Waals surface area contributed by atoms with Crippen LogP contribution in [0.4, 0.5) is 5.82 Å². The van der Waals surface area contributed by atoms with Crippen molar-refractivity contribution in [3.63, 3.8) is 0 Å². The average molecular weight is 334 g/mol. The second kappa shape index (κ2) is 8.19. The van der Waals surface area contributed by atoms with E-state index < -0.39 is 9.84 Å². The number of carbonyl (C=O) groups is 1. The molecular weight excluding hydrogens is 314 g/mol. The fourth-order valence-electron chi connectivity index (χ4n) is 1.61. The molecule has 0 radical (unpaired) electrons. The van der Waals surface area contributed by atoms with Crippen molar-refractivity contribution in [2.24, 2.45) is 0 Å². The Hall–Kier alpha value is -1.34. The molecule has 0 bridgehead atoms. The molecule has 0 aromatic carbocycles. The lowest BCUT2D eigenvalue weighted by Gasteiger charge is -2.08. The van der Waals surface area contributed by atoms with E-state index >= 15 is 0 Å². The van der Waals surface area contributed by atoms with E-state index in [4.69, 9.17) is 11.6 Å². The van der Waals surface area contributed by atoms with Gasteiger partial charge in [0.2, 0.25) is 0 Å². The summed E-state index contributed by atoms with van der Waals surface area (Å²) in [5.41, 5.74) is 0.396. The number of rotatable bonds is 8. The lowest BCUT2D eigenvalue weighted by atomic mass is 10.2. The van der Waals surface area contributed by atoms with E-state index in [0.29, 0.717) is 24.3 Å². The van der Waals surface area contributed by atoms with Crippen LogP contribution in [0.2, 0.25) is 5.15 Å². The van der Waals surface area contributed by atoms with Crippen LogP contribution >= 0.6 is 11.6 Å². The number of aromatic nitrogens is 1. The molecule has 0 saturated carbocycles. The van der Waals surface area contributed by atoms with Crippen LogP contribution in [0.3, 0.4) is 0 Å². The molecule has 0 unspecified atom stereocenters. The predicted molar refractivity (Wildman–Crippen MR) is 84.7 cm³/mol. The number of anilines is 1. The van der Waals surface area contributed by atoms with Gasteiger partial charge in [0.15, 0.2) is 0 Å². The van der Waals surface area contributed by atoms with E-state index in [0.717, 1.165) is 13.0 Å². The highest BCUT2D eigenvalue weighted by atomic mass is 35.5. The molecule has 1 heterocycles. The van der Waals surface area contributed by atoms with Gasteiger partial charge in [0.1, 0.15) is 20.8 Å². The predicted octanol–water partition coefficient (Wildman–Crippen LogP) is 1.72. The van der Waals surface area contributed by atoms with E-state index in [1.807, 2.05) is 6.92 Å². The minimum Gasteiger partial charge on any atom is -0.370 e. The lowest BCUT2D eigenvalue weighted by Crippen LogP contribution is -2.26. The topological polar surface area (TPSA) is 88.2 Å². The number of amides is 1. The van der Waals surface area contributed by atoms with Crippen LogP contribution in [0.15, 0.2) is 12.1 Å². The molecule has 0 atom stereocenters. The number of sulfone groups is 1. The third-order valence-electron chi connectivity index (χ3n) is 2.59. The lowest BCUT2D eigenvalue weighted by molar-refractivity contribution is 0.0953. The zero-order chi connectivity index (χ0) is 15.9. The highest BCUT2D eigenvalue weighted by Gasteiger charge is 2.09. The van der Waals surface area contributed by atoms with Gasteiger partial charge in [-0.25, -0.2) is 13.4 Å². The molecule has 118 valence electrons. The minimum atomic E-state index is -3.00. The summed E-state index contributed by atoms with van der Waals surface area (Å²) in [5, 5.41) is 5.96. The summed E-state index contributed by atoms with van der Waals surface area (Å²) in [5.74, 6) is 0.297. The van der Waals surface area contributed by atoms with Crippen LogP contribution in [0.25, 0.3) is 0 Å². The zero-order valence-corrected chi connectivity index (χ0v) is 13.7. The van der Waals surface area contributed by atoms with E-state index in [1.54, 1.807) is 6.07 Å². The van der Waals surface area contributed by atoms with Crippen molar-refractivity contribution in [2.75, 3.05) is 30.4 Å². The van der Waals surface area contributed by atoms with Gasteiger partial charge in [0.25, 0.3) is 5.91 Å². The molecule has 0 spiro atoms. The summed E-state index contributed by atoms with van der Waals surface area (Å²) in [4.78, 5) is 16.1. The number of halogens is 1. The maximum absolute atomic E-state index is 12.0. The quantitative estimate of drug-likeness (QED) is 0.558.